The molecular formula is C25H37N5O2. The smallest absolute Gasteiger partial charge is 0.191 e. The molecule has 1 aliphatic heterocycles. The molecule has 1 saturated heterocycles. The number of anilines is 1. The van der Waals surface area contributed by atoms with E-state index >= 15 is 0 Å². The maximum atomic E-state index is 5.65. The van der Waals surface area contributed by atoms with E-state index in [2.05, 4.69) is 62.2 Å². The van der Waals surface area contributed by atoms with Gasteiger partial charge in [-0.05, 0) is 49.7 Å². The third-order valence-electron chi connectivity index (χ3n) is 5.82. The maximum Gasteiger partial charge on any atom is 0.191 e. The van der Waals surface area contributed by atoms with Gasteiger partial charge in [-0.1, -0.05) is 30.3 Å². The van der Waals surface area contributed by atoms with Gasteiger partial charge in [-0.2, -0.15) is 0 Å². The highest BCUT2D eigenvalue weighted by Crippen LogP contribution is 2.31. The van der Waals surface area contributed by atoms with Gasteiger partial charge < -0.3 is 25.4 Å². The molecule has 0 amide bonds. The molecule has 32 heavy (non-hydrogen) atoms. The number of hydrogen-bond donors (Lipinski definition) is 3. The summed E-state index contributed by atoms with van der Waals surface area (Å²) in [6.07, 6.45) is 2.49. The van der Waals surface area contributed by atoms with Gasteiger partial charge in [0.25, 0.3) is 0 Å². The number of rotatable bonds is 11. The van der Waals surface area contributed by atoms with Gasteiger partial charge in [0.15, 0.2) is 5.96 Å². The molecule has 2 aromatic rings. The number of benzene rings is 2. The summed E-state index contributed by atoms with van der Waals surface area (Å²) in [4.78, 5) is 6.96. The second-order valence-electron chi connectivity index (χ2n) is 7.92. The summed E-state index contributed by atoms with van der Waals surface area (Å²) in [6.45, 7) is 5.19. The number of para-hydroxylation sites is 1. The average Bonchev–Trinajstić information content (AvgIpc) is 3.37. The van der Waals surface area contributed by atoms with Gasteiger partial charge in [-0.15, -0.1) is 0 Å². The van der Waals surface area contributed by atoms with E-state index in [9.17, 15) is 0 Å². The predicted molar refractivity (Wildman–Crippen MR) is 132 cm³/mol. The van der Waals surface area contributed by atoms with E-state index in [1.807, 2.05) is 19.2 Å². The standard InChI is InChI=1S/C25H37N5O2/c1-26-25(28-18-20-10-12-21(13-11-20)27-14-17-31-2)29-19-23(30-15-6-7-16-30)22-8-4-5-9-24(22)32-3/h4-5,8-13,23,27H,6-7,14-19H2,1-3H3,(H2,26,28,29). The Bertz CT molecular complexity index is 834. The van der Waals surface area contributed by atoms with Crippen LogP contribution in [0.25, 0.3) is 0 Å². The first-order valence-electron chi connectivity index (χ1n) is 11.4. The zero-order valence-corrected chi connectivity index (χ0v) is 19.6. The van der Waals surface area contributed by atoms with Crippen molar-refractivity contribution >= 4 is 11.6 Å². The van der Waals surface area contributed by atoms with E-state index in [0.29, 0.717) is 13.2 Å². The quantitative estimate of drug-likeness (QED) is 0.284. The third kappa shape index (κ3) is 6.87. The number of nitrogens with zero attached hydrogens (tertiary/aromatic N) is 2. The molecule has 1 aliphatic rings. The molecular weight excluding hydrogens is 402 g/mol. The summed E-state index contributed by atoms with van der Waals surface area (Å²) in [5.41, 5.74) is 3.51. The van der Waals surface area contributed by atoms with Crippen LogP contribution in [0.1, 0.15) is 30.0 Å². The Hall–Kier alpha value is -2.77. The maximum absolute atomic E-state index is 5.65. The molecule has 0 aliphatic carbocycles. The van der Waals surface area contributed by atoms with Crippen molar-refractivity contribution in [2.24, 2.45) is 4.99 Å². The van der Waals surface area contributed by atoms with Crippen LogP contribution in [0.3, 0.4) is 0 Å². The molecule has 1 fully saturated rings. The number of likely N-dealkylation sites (tertiary alicyclic amines) is 1. The number of hydrogen-bond acceptors (Lipinski definition) is 5. The lowest BCUT2D eigenvalue weighted by atomic mass is 10.0. The fraction of sp³-hybridized carbons (Fsp3) is 0.480. The molecule has 0 saturated carbocycles. The van der Waals surface area contributed by atoms with E-state index in [1.54, 1.807) is 14.2 Å². The highest BCUT2D eigenvalue weighted by atomic mass is 16.5. The minimum atomic E-state index is 0.240. The summed E-state index contributed by atoms with van der Waals surface area (Å²) in [7, 11) is 5.26. The van der Waals surface area contributed by atoms with Gasteiger partial charge in [0.05, 0.1) is 19.8 Å². The molecule has 174 valence electrons. The zero-order chi connectivity index (χ0) is 22.6. The minimum absolute atomic E-state index is 0.240. The van der Waals surface area contributed by atoms with E-state index in [-0.39, 0.29) is 6.04 Å². The van der Waals surface area contributed by atoms with Crippen LogP contribution in [-0.2, 0) is 11.3 Å². The van der Waals surface area contributed by atoms with E-state index in [0.717, 1.165) is 43.6 Å². The molecule has 0 aromatic heterocycles. The van der Waals surface area contributed by atoms with Crippen molar-refractivity contribution in [1.29, 1.82) is 0 Å². The summed E-state index contributed by atoms with van der Waals surface area (Å²) >= 11 is 0. The minimum Gasteiger partial charge on any atom is -0.496 e. The fourth-order valence-electron chi connectivity index (χ4n) is 4.07. The van der Waals surface area contributed by atoms with E-state index in [1.165, 1.54) is 24.0 Å². The van der Waals surface area contributed by atoms with Crippen molar-refractivity contribution in [1.82, 2.24) is 15.5 Å². The largest absolute Gasteiger partial charge is 0.496 e. The lowest BCUT2D eigenvalue weighted by Gasteiger charge is -2.30. The van der Waals surface area contributed by atoms with Crippen LogP contribution in [0.2, 0.25) is 0 Å². The Morgan fingerprint density at radius 2 is 1.78 bits per heavy atom. The lowest BCUT2D eigenvalue weighted by molar-refractivity contribution is 0.211. The zero-order valence-electron chi connectivity index (χ0n) is 19.6. The van der Waals surface area contributed by atoms with Gasteiger partial charge in [0.1, 0.15) is 5.75 Å². The van der Waals surface area contributed by atoms with Crippen molar-refractivity contribution in [2.75, 3.05) is 59.4 Å². The molecule has 7 nitrogen and oxygen atoms in total. The summed E-state index contributed by atoms with van der Waals surface area (Å²) in [5, 5.41) is 10.3. The van der Waals surface area contributed by atoms with Crippen LogP contribution in [-0.4, -0.2) is 64.9 Å². The van der Waals surface area contributed by atoms with Gasteiger partial charge in [0.2, 0.25) is 0 Å². The Kier molecular flexibility index (Phi) is 9.65. The van der Waals surface area contributed by atoms with Crippen LogP contribution in [0, 0.1) is 0 Å². The van der Waals surface area contributed by atoms with Gasteiger partial charge in [0, 0.05) is 45.0 Å². The van der Waals surface area contributed by atoms with Crippen molar-refractivity contribution in [3.05, 3.63) is 59.7 Å². The average molecular weight is 440 g/mol. The monoisotopic (exact) mass is 439 g/mol. The van der Waals surface area contributed by atoms with Crippen LogP contribution in [0.4, 0.5) is 5.69 Å². The highest BCUT2D eigenvalue weighted by molar-refractivity contribution is 5.79. The first kappa shape index (κ1) is 23.9. The predicted octanol–water partition coefficient (Wildman–Crippen LogP) is 3.26. The second-order valence-corrected chi connectivity index (χ2v) is 7.92. The van der Waals surface area contributed by atoms with Crippen LogP contribution < -0.4 is 20.7 Å². The van der Waals surface area contributed by atoms with Crippen molar-refractivity contribution in [3.63, 3.8) is 0 Å². The molecule has 0 bridgehead atoms. The second kappa shape index (κ2) is 12.9. The van der Waals surface area contributed by atoms with Gasteiger partial charge in [-0.25, -0.2) is 0 Å². The number of nitrogens with one attached hydrogen (secondary N) is 3. The Morgan fingerprint density at radius 1 is 1.03 bits per heavy atom. The summed E-state index contributed by atoms with van der Waals surface area (Å²) in [5.74, 6) is 1.74. The molecule has 3 N–H and O–H groups in total. The summed E-state index contributed by atoms with van der Waals surface area (Å²) < 4.78 is 10.7. The fourth-order valence-corrected chi connectivity index (χ4v) is 4.07. The molecule has 3 rings (SSSR count). The first-order valence-corrected chi connectivity index (χ1v) is 11.4. The topological polar surface area (TPSA) is 70.2 Å². The van der Waals surface area contributed by atoms with Crippen molar-refractivity contribution < 1.29 is 9.47 Å². The Morgan fingerprint density at radius 3 is 2.47 bits per heavy atom. The van der Waals surface area contributed by atoms with Gasteiger partial charge in [-0.3, -0.25) is 9.89 Å². The Balaban J connectivity index is 1.56. The molecule has 1 unspecified atom stereocenters. The van der Waals surface area contributed by atoms with E-state index < -0.39 is 0 Å². The lowest BCUT2D eigenvalue weighted by Crippen LogP contribution is -2.42. The van der Waals surface area contributed by atoms with Crippen LogP contribution >= 0.6 is 0 Å². The van der Waals surface area contributed by atoms with Gasteiger partial charge >= 0.3 is 0 Å². The van der Waals surface area contributed by atoms with Crippen molar-refractivity contribution in [2.45, 2.75) is 25.4 Å². The molecule has 7 heteroatoms. The molecule has 2 aromatic carbocycles. The molecule has 0 radical (unpaired) electrons. The number of methoxy groups -OCH3 is 2. The van der Waals surface area contributed by atoms with Crippen LogP contribution in [0.5, 0.6) is 5.75 Å². The van der Waals surface area contributed by atoms with Crippen LogP contribution in [0.15, 0.2) is 53.5 Å². The molecule has 1 atom stereocenters. The Labute approximate surface area is 192 Å². The van der Waals surface area contributed by atoms with E-state index in [4.69, 9.17) is 9.47 Å². The highest BCUT2D eigenvalue weighted by Gasteiger charge is 2.26. The third-order valence-corrected chi connectivity index (χ3v) is 5.82. The number of ether oxygens (including phenoxy) is 2. The van der Waals surface area contributed by atoms with Crippen molar-refractivity contribution in [3.8, 4) is 5.75 Å². The number of guanidine groups is 1. The number of aliphatic imine (C=N–C) groups is 1. The molecule has 0 spiro atoms. The molecule has 1 heterocycles. The SMILES string of the molecule is CN=C(NCc1ccc(NCCOC)cc1)NCC(c1ccccc1OC)N1CCCC1. The normalized spacial score (nSPS) is 15.4. The first-order chi connectivity index (χ1) is 15.7. The summed E-state index contributed by atoms with van der Waals surface area (Å²) in [6, 6.07) is 17.0.